The van der Waals surface area contributed by atoms with Crippen molar-refractivity contribution in [3.63, 3.8) is 0 Å². The van der Waals surface area contributed by atoms with Crippen molar-refractivity contribution in [1.82, 2.24) is 9.47 Å². The molecule has 1 amide bonds. The maximum atomic E-state index is 12.7. The van der Waals surface area contributed by atoms with E-state index in [1.807, 2.05) is 24.1 Å². The van der Waals surface area contributed by atoms with Crippen LogP contribution in [0, 0.1) is 0 Å². The van der Waals surface area contributed by atoms with Gasteiger partial charge in [-0.2, -0.15) is 0 Å². The number of ether oxygens (including phenoxy) is 2. The molecular formula is C18H22N2O3. The van der Waals surface area contributed by atoms with Crippen LogP contribution in [0.4, 0.5) is 0 Å². The molecule has 0 bridgehead atoms. The predicted octanol–water partition coefficient (Wildman–Crippen LogP) is 2.09. The molecular weight excluding hydrogens is 292 g/mol. The molecule has 1 aromatic carbocycles. The molecule has 1 aromatic heterocycles. The molecule has 2 aliphatic rings. The number of para-hydroxylation sites is 1. The molecule has 1 spiro atoms. The Kier molecular flexibility index (Phi) is 3.62. The normalized spacial score (nSPS) is 20.5. The topological polar surface area (TPSA) is 43.7 Å². The molecule has 0 N–H and O–H groups in total. The lowest BCUT2D eigenvalue weighted by Gasteiger charge is -2.37. The second-order valence-electron chi connectivity index (χ2n) is 6.45. The number of hydrogen-bond acceptors (Lipinski definition) is 3. The van der Waals surface area contributed by atoms with Crippen LogP contribution in [0.5, 0.6) is 0 Å². The lowest BCUT2D eigenvalue weighted by atomic mass is 10.0. The smallest absolute Gasteiger partial charge is 0.227 e. The summed E-state index contributed by atoms with van der Waals surface area (Å²) in [6.45, 7) is 2.76. The molecule has 0 aliphatic carbocycles. The van der Waals surface area contributed by atoms with E-state index in [4.69, 9.17) is 9.47 Å². The van der Waals surface area contributed by atoms with Gasteiger partial charge in [-0.05, 0) is 11.6 Å². The molecule has 2 aliphatic heterocycles. The Balaban J connectivity index is 1.46. The third-order valence-electron chi connectivity index (χ3n) is 5.01. The fraction of sp³-hybridized carbons (Fsp3) is 0.500. The first kappa shape index (κ1) is 14.7. The molecule has 2 aromatic rings. The monoisotopic (exact) mass is 314 g/mol. The lowest BCUT2D eigenvalue weighted by Crippen LogP contribution is -2.47. The average molecular weight is 314 g/mol. The molecule has 23 heavy (non-hydrogen) atoms. The average Bonchev–Trinajstić information content (AvgIpc) is 3.14. The number of piperidine rings is 1. The zero-order chi connectivity index (χ0) is 15.9. The van der Waals surface area contributed by atoms with Crippen LogP contribution in [0.3, 0.4) is 0 Å². The van der Waals surface area contributed by atoms with Crippen LogP contribution in [-0.2, 0) is 27.7 Å². The van der Waals surface area contributed by atoms with Crippen molar-refractivity contribution in [3.05, 3.63) is 36.0 Å². The maximum Gasteiger partial charge on any atom is 0.227 e. The largest absolute Gasteiger partial charge is 0.350 e. The SMILES string of the molecule is Cn1cc(CC(=O)N2CCC3(CC2)OCCO3)c2ccccc21. The fourth-order valence-corrected chi connectivity index (χ4v) is 3.72. The Morgan fingerprint density at radius 3 is 2.61 bits per heavy atom. The van der Waals surface area contributed by atoms with Gasteiger partial charge in [-0.15, -0.1) is 0 Å². The van der Waals surface area contributed by atoms with Crippen molar-refractivity contribution in [3.8, 4) is 0 Å². The van der Waals surface area contributed by atoms with Gasteiger partial charge in [0.15, 0.2) is 5.79 Å². The Morgan fingerprint density at radius 1 is 1.17 bits per heavy atom. The van der Waals surface area contributed by atoms with E-state index in [0.717, 1.165) is 18.4 Å². The van der Waals surface area contributed by atoms with Crippen molar-refractivity contribution in [1.29, 1.82) is 0 Å². The van der Waals surface area contributed by atoms with E-state index in [1.165, 1.54) is 10.9 Å². The Morgan fingerprint density at radius 2 is 1.87 bits per heavy atom. The highest BCUT2D eigenvalue weighted by Crippen LogP contribution is 2.31. The number of fused-ring (bicyclic) bond motifs is 1. The van der Waals surface area contributed by atoms with Gasteiger partial charge in [-0.25, -0.2) is 0 Å². The summed E-state index contributed by atoms with van der Waals surface area (Å²) in [6, 6.07) is 8.22. The van der Waals surface area contributed by atoms with Crippen molar-refractivity contribution in [2.75, 3.05) is 26.3 Å². The minimum atomic E-state index is -0.420. The summed E-state index contributed by atoms with van der Waals surface area (Å²) in [5, 5.41) is 1.17. The molecule has 2 saturated heterocycles. The Hall–Kier alpha value is -1.85. The van der Waals surface area contributed by atoms with Crippen molar-refractivity contribution in [2.45, 2.75) is 25.0 Å². The van der Waals surface area contributed by atoms with E-state index in [1.54, 1.807) is 0 Å². The minimum absolute atomic E-state index is 0.189. The highest BCUT2D eigenvalue weighted by atomic mass is 16.7. The third-order valence-corrected chi connectivity index (χ3v) is 5.01. The molecule has 4 rings (SSSR count). The first-order valence-corrected chi connectivity index (χ1v) is 8.26. The van der Waals surface area contributed by atoms with Crippen LogP contribution in [-0.4, -0.2) is 47.5 Å². The number of hydrogen-bond donors (Lipinski definition) is 0. The molecule has 2 fully saturated rings. The van der Waals surface area contributed by atoms with Crippen LogP contribution in [0.25, 0.3) is 10.9 Å². The molecule has 0 unspecified atom stereocenters. The molecule has 5 heteroatoms. The van der Waals surface area contributed by atoms with Crippen LogP contribution in [0.1, 0.15) is 18.4 Å². The first-order chi connectivity index (χ1) is 11.2. The van der Waals surface area contributed by atoms with Gasteiger partial charge < -0.3 is 18.9 Å². The highest BCUT2D eigenvalue weighted by Gasteiger charge is 2.40. The van der Waals surface area contributed by atoms with Gasteiger partial charge in [0, 0.05) is 50.1 Å². The number of aromatic nitrogens is 1. The van der Waals surface area contributed by atoms with Crippen molar-refractivity contribution in [2.24, 2.45) is 7.05 Å². The second kappa shape index (κ2) is 5.65. The van der Waals surface area contributed by atoms with Gasteiger partial charge in [0.2, 0.25) is 5.91 Å². The van der Waals surface area contributed by atoms with Gasteiger partial charge in [0.25, 0.3) is 0 Å². The number of amides is 1. The molecule has 122 valence electrons. The van der Waals surface area contributed by atoms with Crippen LogP contribution in [0.15, 0.2) is 30.5 Å². The van der Waals surface area contributed by atoms with Crippen LogP contribution in [0.2, 0.25) is 0 Å². The maximum absolute atomic E-state index is 12.7. The summed E-state index contributed by atoms with van der Waals surface area (Å²) in [5.41, 5.74) is 2.27. The standard InChI is InChI=1S/C18H22N2O3/c1-19-13-14(15-4-2-3-5-16(15)19)12-17(21)20-8-6-18(7-9-20)22-10-11-23-18/h2-5,13H,6-12H2,1H3. The number of nitrogens with zero attached hydrogens (tertiary/aromatic N) is 2. The van der Waals surface area contributed by atoms with Crippen molar-refractivity contribution < 1.29 is 14.3 Å². The van der Waals surface area contributed by atoms with E-state index in [2.05, 4.69) is 22.9 Å². The Labute approximate surface area is 135 Å². The summed E-state index contributed by atoms with van der Waals surface area (Å²) in [6.07, 6.45) is 4.07. The van der Waals surface area contributed by atoms with Crippen LogP contribution >= 0.6 is 0 Å². The van der Waals surface area contributed by atoms with E-state index >= 15 is 0 Å². The number of benzene rings is 1. The van der Waals surface area contributed by atoms with Crippen molar-refractivity contribution >= 4 is 16.8 Å². The summed E-state index contributed by atoms with van der Waals surface area (Å²) in [4.78, 5) is 14.6. The van der Waals surface area contributed by atoms with Crippen LogP contribution < -0.4 is 0 Å². The molecule has 0 radical (unpaired) electrons. The Bertz CT molecular complexity index is 721. The van der Waals surface area contributed by atoms with Gasteiger partial charge in [0.05, 0.1) is 19.6 Å². The third kappa shape index (κ3) is 2.64. The molecule has 3 heterocycles. The van der Waals surface area contributed by atoms with Gasteiger partial charge in [-0.3, -0.25) is 4.79 Å². The predicted molar refractivity (Wildman–Crippen MR) is 87.1 cm³/mol. The minimum Gasteiger partial charge on any atom is -0.350 e. The quantitative estimate of drug-likeness (QED) is 0.852. The zero-order valence-corrected chi connectivity index (χ0v) is 13.5. The van der Waals surface area contributed by atoms with Gasteiger partial charge >= 0.3 is 0 Å². The number of likely N-dealkylation sites (tertiary alicyclic amines) is 1. The number of rotatable bonds is 2. The number of carbonyl (C=O) groups is 1. The number of carbonyl (C=O) groups excluding carboxylic acids is 1. The summed E-state index contributed by atoms with van der Waals surface area (Å²) < 4.78 is 13.5. The summed E-state index contributed by atoms with van der Waals surface area (Å²) >= 11 is 0. The van der Waals surface area contributed by atoms with Gasteiger partial charge in [0.1, 0.15) is 0 Å². The fourth-order valence-electron chi connectivity index (χ4n) is 3.72. The van der Waals surface area contributed by atoms with E-state index in [9.17, 15) is 4.79 Å². The zero-order valence-electron chi connectivity index (χ0n) is 13.5. The molecule has 0 atom stereocenters. The second-order valence-corrected chi connectivity index (χ2v) is 6.45. The summed E-state index contributed by atoms with van der Waals surface area (Å²) in [5.74, 6) is -0.231. The summed E-state index contributed by atoms with van der Waals surface area (Å²) in [7, 11) is 2.02. The lowest BCUT2D eigenvalue weighted by molar-refractivity contribution is -0.187. The first-order valence-electron chi connectivity index (χ1n) is 8.26. The van der Waals surface area contributed by atoms with E-state index in [0.29, 0.717) is 32.7 Å². The highest BCUT2D eigenvalue weighted by molar-refractivity contribution is 5.89. The molecule has 5 nitrogen and oxygen atoms in total. The van der Waals surface area contributed by atoms with Gasteiger partial charge in [-0.1, -0.05) is 18.2 Å². The van der Waals surface area contributed by atoms with E-state index in [-0.39, 0.29) is 5.91 Å². The number of aryl methyl sites for hydroxylation is 1. The molecule has 0 saturated carbocycles. The van der Waals surface area contributed by atoms with E-state index < -0.39 is 5.79 Å².